The van der Waals surface area contributed by atoms with Crippen LogP contribution >= 0.6 is 0 Å². The van der Waals surface area contributed by atoms with Crippen molar-refractivity contribution in [1.29, 1.82) is 0 Å². The van der Waals surface area contributed by atoms with Crippen LogP contribution in [0.25, 0.3) is 0 Å². The molecule has 0 aromatic rings. The summed E-state index contributed by atoms with van der Waals surface area (Å²) in [6, 6.07) is 0. The summed E-state index contributed by atoms with van der Waals surface area (Å²) in [4.78, 5) is 2.35. The number of hydrogen-bond donors (Lipinski definition) is 1. The fraction of sp³-hybridized carbons (Fsp3) is 0.857. The largest absolute Gasteiger partial charge is 0.326 e. The second-order valence-corrected chi connectivity index (χ2v) is 2.05. The number of rotatable bonds is 5. The normalized spacial score (nSPS) is 10.7. The van der Waals surface area contributed by atoms with E-state index in [1.807, 2.05) is 0 Å². The van der Waals surface area contributed by atoms with Gasteiger partial charge in [0.25, 0.3) is 0 Å². The van der Waals surface area contributed by atoms with E-state index in [2.05, 4.69) is 18.7 Å². The molecule has 2 nitrogen and oxygen atoms in total. The van der Waals surface area contributed by atoms with Gasteiger partial charge < -0.3 is 10.6 Å². The second-order valence-electron chi connectivity index (χ2n) is 2.05. The van der Waals surface area contributed by atoms with Crippen LogP contribution in [0.2, 0.25) is 0 Å². The highest BCUT2D eigenvalue weighted by Gasteiger charge is 1.95. The number of hydrogen-bond acceptors (Lipinski definition) is 2. The summed E-state index contributed by atoms with van der Waals surface area (Å²) >= 11 is 0. The molecule has 0 rings (SSSR count). The van der Waals surface area contributed by atoms with Gasteiger partial charge in [-0.1, -0.05) is 13.8 Å². The Morgan fingerprint density at radius 2 is 1.89 bits per heavy atom. The third kappa shape index (κ3) is 4.43. The molecule has 0 aliphatic heterocycles. The maximum atomic E-state index is 5.23. The Morgan fingerprint density at radius 1 is 1.33 bits per heavy atom. The molecule has 0 aromatic heterocycles. The Bertz CT molecular complexity index is 50.9. The smallest absolute Gasteiger partial charge is 0.0205 e. The molecule has 0 fully saturated rings. The van der Waals surface area contributed by atoms with Gasteiger partial charge >= 0.3 is 0 Å². The molecule has 0 saturated heterocycles. The Hall–Kier alpha value is -0.0800. The van der Waals surface area contributed by atoms with E-state index in [0.29, 0.717) is 0 Å². The Labute approximate surface area is 58.0 Å². The second kappa shape index (κ2) is 6.05. The van der Waals surface area contributed by atoms with Crippen LogP contribution in [0.4, 0.5) is 0 Å². The molecular formula is C7H17N2. The maximum absolute atomic E-state index is 5.23. The predicted molar refractivity (Wildman–Crippen MR) is 40.9 cm³/mol. The van der Waals surface area contributed by atoms with Crippen molar-refractivity contribution in [2.45, 2.75) is 20.3 Å². The molecule has 9 heavy (non-hydrogen) atoms. The van der Waals surface area contributed by atoms with E-state index in [4.69, 9.17) is 5.73 Å². The van der Waals surface area contributed by atoms with Gasteiger partial charge in [-0.15, -0.1) is 0 Å². The molecule has 0 heterocycles. The number of nitrogens with zero attached hydrogens (tertiary/aromatic N) is 1. The average Bonchev–Trinajstić information content (AvgIpc) is 1.91. The molecule has 0 unspecified atom stereocenters. The van der Waals surface area contributed by atoms with Crippen molar-refractivity contribution < 1.29 is 0 Å². The van der Waals surface area contributed by atoms with E-state index < -0.39 is 0 Å². The summed E-state index contributed by atoms with van der Waals surface area (Å²) in [5, 5.41) is 0. The van der Waals surface area contributed by atoms with Crippen molar-refractivity contribution in [3.63, 3.8) is 0 Å². The molecule has 55 valence electrons. The van der Waals surface area contributed by atoms with E-state index in [9.17, 15) is 0 Å². The lowest BCUT2D eigenvalue weighted by atomic mass is 10.4. The molecule has 2 heteroatoms. The molecule has 1 radical (unpaired) electrons. The van der Waals surface area contributed by atoms with Crippen molar-refractivity contribution in [2.75, 3.05) is 19.6 Å². The molecule has 2 N–H and O–H groups in total. The summed E-state index contributed by atoms with van der Waals surface area (Å²) < 4.78 is 0. The summed E-state index contributed by atoms with van der Waals surface area (Å²) in [5.41, 5.74) is 5.23. The Morgan fingerprint density at radius 3 is 2.22 bits per heavy atom. The van der Waals surface area contributed by atoms with Crippen molar-refractivity contribution >= 4 is 0 Å². The Kier molecular flexibility index (Phi) is 5.99. The fourth-order valence-electron chi connectivity index (χ4n) is 0.797. The van der Waals surface area contributed by atoms with E-state index in [0.717, 1.165) is 26.1 Å². The molecule has 0 amide bonds. The minimum absolute atomic E-state index is 1.00. The topological polar surface area (TPSA) is 29.3 Å². The van der Waals surface area contributed by atoms with Crippen LogP contribution in [-0.2, 0) is 0 Å². The van der Waals surface area contributed by atoms with Gasteiger partial charge in [-0.05, 0) is 26.1 Å². The molecule has 0 saturated carbocycles. The SMILES string of the molecule is CCN(CC)CC[CH]N. The van der Waals surface area contributed by atoms with Gasteiger partial charge in [0.15, 0.2) is 0 Å². The van der Waals surface area contributed by atoms with Gasteiger partial charge in [0.1, 0.15) is 0 Å². The van der Waals surface area contributed by atoms with Gasteiger partial charge in [-0.2, -0.15) is 0 Å². The maximum Gasteiger partial charge on any atom is 0.0205 e. The fourth-order valence-corrected chi connectivity index (χ4v) is 0.797. The number of nitrogens with two attached hydrogens (primary N) is 1. The first kappa shape index (κ1) is 8.92. The van der Waals surface area contributed by atoms with E-state index in [-0.39, 0.29) is 0 Å². The first-order valence-corrected chi connectivity index (χ1v) is 3.60. The monoisotopic (exact) mass is 129 g/mol. The lowest BCUT2D eigenvalue weighted by Gasteiger charge is -2.16. The van der Waals surface area contributed by atoms with Crippen molar-refractivity contribution in [1.82, 2.24) is 4.90 Å². The lowest BCUT2D eigenvalue weighted by Crippen LogP contribution is -2.24. The van der Waals surface area contributed by atoms with Crippen LogP contribution in [0.3, 0.4) is 0 Å². The van der Waals surface area contributed by atoms with Crippen LogP contribution in [0.1, 0.15) is 20.3 Å². The molecule has 0 spiro atoms. The highest BCUT2D eigenvalue weighted by Crippen LogP contribution is 1.89. The lowest BCUT2D eigenvalue weighted by molar-refractivity contribution is 0.306. The first-order chi connectivity index (χ1) is 4.35. The minimum Gasteiger partial charge on any atom is -0.326 e. The zero-order chi connectivity index (χ0) is 7.11. The average molecular weight is 129 g/mol. The standard InChI is InChI=1S/C7H17N2/c1-3-9(4-2)7-5-6-8/h6H,3-5,7-8H2,1-2H3. The predicted octanol–water partition coefficient (Wildman–Crippen LogP) is 0.839. The van der Waals surface area contributed by atoms with Crippen LogP contribution in [0.5, 0.6) is 0 Å². The molecular weight excluding hydrogens is 112 g/mol. The molecule has 0 atom stereocenters. The van der Waals surface area contributed by atoms with Crippen LogP contribution in [0, 0.1) is 6.54 Å². The van der Waals surface area contributed by atoms with E-state index in [1.165, 1.54) is 0 Å². The van der Waals surface area contributed by atoms with Gasteiger partial charge in [0.2, 0.25) is 0 Å². The highest BCUT2D eigenvalue weighted by atomic mass is 15.1. The van der Waals surface area contributed by atoms with Gasteiger partial charge in [-0.3, -0.25) is 0 Å². The van der Waals surface area contributed by atoms with Crippen LogP contribution in [0.15, 0.2) is 0 Å². The van der Waals surface area contributed by atoms with Crippen LogP contribution in [-0.4, -0.2) is 24.5 Å². The van der Waals surface area contributed by atoms with E-state index >= 15 is 0 Å². The summed E-state index contributed by atoms with van der Waals surface area (Å²) in [6.07, 6.45) is 1.00. The van der Waals surface area contributed by atoms with Crippen LogP contribution < -0.4 is 5.73 Å². The van der Waals surface area contributed by atoms with Gasteiger partial charge in [0.05, 0.1) is 0 Å². The van der Waals surface area contributed by atoms with Gasteiger partial charge in [0, 0.05) is 6.54 Å². The Balaban J connectivity index is 3.09. The zero-order valence-corrected chi connectivity index (χ0v) is 6.43. The van der Waals surface area contributed by atoms with Crippen molar-refractivity contribution in [3.05, 3.63) is 6.54 Å². The zero-order valence-electron chi connectivity index (χ0n) is 6.43. The molecule has 0 aliphatic rings. The summed E-state index contributed by atoms with van der Waals surface area (Å²) in [6.45, 7) is 9.41. The summed E-state index contributed by atoms with van der Waals surface area (Å²) in [7, 11) is 0. The third-order valence-corrected chi connectivity index (χ3v) is 1.51. The first-order valence-electron chi connectivity index (χ1n) is 3.60. The summed E-state index contributed by atoms with van der Waals surface area (Å²) in [5.74, 6) is 0. The minimum atomic E-state index is 1.00. The van der Waals surface area contributed by atoms with Crippen molar-refractivity contribution in [2.24, 2.45) is 5.73 Å². The van der Waals surface area contributed by atoms with Gasteiger partial charge in [-0.25, -0.2) is 0 Å². The van der Waals surface area contributed by atoms with Crippen molar-refractivity contribution in [3.8, 4) is 0 Å². The molecule has 0 aliphatic carbocycles. The highest BCUT2D eigenvalue weighted by molar-refractivity contribution is 4.58. The molecule has 0 aromatic carbocycles. The third-order valence-electron chi connectivity index (χ3n) is 1.51. The quantitative estimate of drug-likeness (QED) is 0.596. The molecule has 0 bridgehead atoms. The van der Waals surface area contributed by atoms with E-state index in [1.54, 1.807) is 6.54 Å².